The van der Waals surface area contributed by atoms with E-state index in [9.17, 15) is 0 Å². The Balaban J connectivity index is 2.39. The molecule has 1 heterocycles. The van der Waals surface area contributed by atoms with Crippen molar-refractivity contribution >= 4 is 0 Å². The fraction of sp³-hybridized carbons (Fsp3) is 1.00. The van der Waals surface area contributed by atoms with Gasteiger partial charge in [-0.2, -0.15) is 0 Å². The quantitative estimate of drug-likeness (QED) is 0.712. The monoisotopic (exact) mass is 243 g/mol. The maximum Gasteiger partial charge on any atom is 0.0510 e. The molecule has 0 saturated carbocycles. The Bertz CT molecular complexity index is 205. The molecule has 0 radical (unpaired) electrons. The number of rotatable bonds is 7. The lowest BCUT2D eigenvalue weighted by Crippen LogP contribution is -2.48. The van der Waals surface area contributed by atoms with Crippen molar-refractivity contribution in [2.75, 3.05) is 46.9 Å². The van der Waals surface area contributed by atoms with Crippen LogP contribution in [0.25, 0.3) is 0 Å². The van der Waals surface area contributed by atoms with E-state index < -0.39 is 0 Å². The van der Waals surface area contributed by atoms with Gasteiger partial charge in [-0.3, -0.25) is 4.90 Å². The Morgan fingerprint density at radius 2 is 2.06 bits per heavy atom. The Morgan fingerprint density at radius 3 is 2.53 bits per heavy atom. The number of likely N-dealkylation sites (N-methyl/N-ethyl adjacent to an activating group) is 2. The minimum absolute atomic E-state index is 0.252. The van der Waals surface area contributed by atoms with Crippen LogP contribution in [0.5, 0.6) is 0 Å². The minimum Gasteiger partial charge on any atom is -0.381 e. The summed E-state index contributed by atoms with van der Waals surface area (Å²) in [7, 11) is 4.24. The van der Waals surface area contributed by atoms with Crippen LogP contribution in [0, 0.1) is 5.92 Å². The summed E-state index contributed by atoms with van der Waals surface area (Å²) in [6.45, 7) is 9.36. The van der Waals surface area contributed by atoms with Crippen LogP contribution in [-0.2, 0) is 4.74 Å². The third kappa shape index (κ3) is 4.92. The summed E-state index contributed by atoms with van der Waals surface area (Å²) in [5.74, 6) is 0.551. The largest absolute Gasteiger partial charge is 0.381 e. The van der Waals surface area contributed by atoms with E-state index in [1.807, 2.05) is 0 Å². The molecule has 1 fully saturated rings. The zero-order chi connectivity index (χ0) is 12.8. The van der Waals surface area contributed by atoms with Crippen molar-refractivity contribution < 1.29 is 4.74 Å². The lowest BCUT2D eigenvalue weighted by Gasteiger charge is -2.33. The van der Waals surface area contributed by atoms with Crippen molar-refractivity contribution in [1.82, 2.24) is 9.80 Å². The highest BCUT2D eigenvalue weighted by Gasteiger charge is 2.25. The molecule has 102 valence electrons. The van der Waals surface area contributed by atoms with E-state index in [1.165, 1.54) is 0 Å². The Labute approximate surface area is 106 Å². The summed E-state index contributed by atoms with van der Waals surface area (Å²) in [4.78, 5) is 4.71. The van der Waals surface area contributed by atoms with Crippen LogP contribution in [0.3, 0.4) is 0 Å². The molecule has 1 aliphatic rings. The third-order valence-electron chi connectivity index (χ3n) is 3.67. The number of hydrogen-bond donors (Lipinski definition) is 1. The second kappa shape index (κ2) is 7.31. The van der Waals surface area contributed by atoms with E-state index in [2.05, 4.69) is 37.7 Å². The smallest absolute Gasteiger partial charge is 0.0510 e. The average Bonchev–Trinajstić information content (AvgIpc) is 2.77. The second-order valence-corrected chi connectivity index (χ2v) is 5.49. The van der Waals surface area contributed by atoms with Crippen LogP contribution in [0.2, 0.25) is 0 Å². The van der Waals surface area contributed by atoms with Crippen molar-refractivity contribution in [3.05, 3.63) is 0 Å². The molecule has 0 amide bonds. The van der Waals surface area contributed by atoms with Gasteiger partial charge in [0.25, 0.3) is 0 Å². The number of nitrogens with zero attached hydrogens (tertiary/aromatic N) is 2. The first kappa shape index (κ1) is 14.9. The predicted molar refractivity (Wildman–Crippen MR) is 72.2 cm³/mol. The molecule has 0 aromatic rings. The highest BCUT2D eigenvalue weighted by atomic mass is 16.5. The topological polar surface area (TPSA) is 41.7 Å². The van der Waals surface area contributed by atoms with Gasteiger partial charge >= 0.3 is 0 Å². The predicted octanol–water partition coefficient (Wildman–Crippen LogP) is 0.622. The minimum atomic E-state index is 0.252. The van der Waals surface area contributed by atoms with Gasteiger partial charge in [-0.1, -0.05) is 6.92 Å². The molecule has 0 aromatic carbocycles. The van der Waals surface area contributed by atoms with Crippen molar-refractivity contribution in [2.45, 2.75) is 32.4 Å². The molecule has 1 rings (SSSR count). The summed E-state index contributed by atoms with van der Waals surface area (Å²) >= 11 is 0. The van der Waals surface area contributed by atoms with Gasteiger partial charge in [0.05, 0.1) is 6.61 Å². The zero-order valence-electron chi connectivity index (χ0n) is 11.9. The maximum atomic E-state index is 6.29. The third-order valence-corrected chi connectivity index (χ3v) is 3.67. The molecule has 17 heavy (non-hydrogen) atoms. The molecule has 4 heteroatoms. The van der Waals surface area contributed by atoms with Crippen LogP contribution >= 0.6 is 0 Å². The van der Waals surface area contributed by atoms with Gasteiger partial charge in [-0.05, 0) is 34.0 Å². The first-order valence-corrected chi connectivity index (χ1v) is 6.76. The van der Waals surface area contributed by atoms with Crippen LogP contribution in [0.1, 0.15) is 20.3 Å². The van der Waals surface area contributed by atoms with Crippen molar-refractivity contribution in [3.63, 3.8) is 0 Å². The van der Waals surface area contributed by atoms with Gasteiger partial charge < -0.3 is 15.4 Å². The molecule has 1 saturated heterocycles. The molecular formula is C13H29N3O. The van der Waals surface area contributed by atoms with E-state index >= 15 is 0 Å². The number of hydrogen-bond acceptors (Lipinski definition) is 4. The van der Waals surface area contributed by atoms with Gasteiger partial charge in [0.15, 0.2) is 0 Å². The fourth-order valence-electron chi connectivity index (χ4n) is 2.57. The Kier molecular flexibility index (Phi) is 6.41. The van der Waals surface area contributed by atoms with E-state index in [-0.39, 0.29) is 6.04 Å². The van der Waals surface area contributed by atoms with Gasteiger partial charge in [-0.15, -0.1) is 0 Å². The maximum absolute atomic E-state index is 6.29. The summed E-state index contributed by atoms with van der Waals surface area (Å²) in [5.41, 5.74) is 6.29. The molecule has 0 aliphatic carbocycles. The Hall–Kier alpha value is -0.160. The summed E-state index contributed by atoms with van der Waals surface area (Å²) in [6, 6.07) is 0.811. The average molecular weight is 243 g/mol. The molecule has 2 N–H and O–H groups in total. The molecule has 0 bridgehead atoms. The standard InChI is InChI=1S/C13H29N3O/c1-5-16(11(2)8-15(3)4)9-13(14)12-6-7-17-10-12/h11-13H,5-10,14H2,1-4H3. The highest BCUT2D eigenvalue weighted by molar-refractivity contribution is 4.81. The van der Waals surface area contributed by atoms with Crippen LogP contribution in [-0.4, -0.2) is 68.8 Å². The zero-order valence-corrected chi connectivity index (χ0v) is 11.9. The number of nitrogens with two attached hydrogens (primary N) is 1. The highest BCUT2D eigenvalue weighted by Crippen LogP contribution is 2.16. The van der Waals surface area contributed by atoms with Gasteiger partial charge in [-0.25, -0.2) is 0 Å². The normalized spacial score (nSPS) is 24.5. The molecule has 4 nitrogen and oxygen atoms in total. The van der Waals surface area contributed by atoms with Crippen LogP contribution in [0.15, 0.2) is 0 Å². The lowest BCUT2D eigenvalue weighted by atomic mass is 9.99. The summed E-state index contributed by atoms with van der Waals surface area (Å²) in [6.07, 6.45) is 1.13. The van der Waals surface area contributed by atoms with Crippen LogP contribution in [0.4, 0.5) is 0 Å². The number of ether oxygens (including phenoxy) is 1. The van der Waals surface area contributed by atoms with Gasteiger partial charge in [0.2, 0.25) is 0 Å². The van der Waals surface area contributed by atoms with E-state index in [0.29, 0.717) is 12.0 Å². The van der Waals surface area contributed by atoms with Crippen molar-refractivity contribution in [2.24, 2.45) is 11.7 Å². The molecule has 1 aliphatic heterocycles. The Morgan fingerprint density at radius 1 is 1.35 bits per heavy atom. The fourth-order valence-corrected chi connectivity index (χ4v) is 2.57. The van der Waals surface area contributed by atoms with Gasteiger partial charge in [0.1, 0.15) is 0 Å². The molecule has 0 aromatic heterocycles. The molecule has 3 unspecified atom stereocenters. The van der Waals surface area contributed by atoms with E-state index in [0.717, 1.165) is 39.3 Å². The van der Waals surface area contributed by atoms with E-state index in [1.54, 1.807) is 0 Å². The summed E-state index contributed by atoms with van der Waals surface area (Å²) < 4.78 is 5.41. The second-order valence-electron chi connectivity index (χ2n) is 5.49. The van der Waals surface area contributed by atoms with Crippen molar-refractivity contribution in [1.29, 1.82) is 0 Å². The SMILES string of the molecule is CCN(CC(N)C1CCOC1)C(C)CN(C)C. The van der Waals surface area contributed by atoms with E-state index in [4.69, 9.17) is 10.5 Å². The first-order chi connectivity index (χ1) is 8.04. The van der Waals surface area contributed by atoms with Crippen LogP contribution < -0.4 is 5.73 Å². The lowest BCUT2D eigenvalue weighted by molar-refractivity contribution is 0.145. The summed E-state index contributed by atoms with van der Waals surface area (Å²) in [5, 5.41) is 0. The molecular weight excluding hydrogens is 214 g/mol. The first-order valence-electron chi connectivity index (χ1n) is 6.76. The molecule has 3 atom stereocenters. The molecule has 0 spiro atoms. The van der Waals surface area contributed by atoms with Crippen molar-refractivity contribution in [3.8, 4) is 0 Å². The van der Waals surface area contributed by atoms with Gasteiger partial charge in [0, 0.05) is 37.7 Å².